The summed E-state index contributed by atoms with van der Waals surface area (Å²) in [4.78, 5) is 25.1. The van der Waals surface area contributed by atoms with Crippen molar-refractivity contribution in [3.8, 4) is 11.3 Å². The highest BCUT2D eigenvalue weighted by Gasteiger charge is 2.31. The van der Waals surface area contributed by atoms with Gasteiger partial charge in [-0.25, -0.2) is 0 Å². The predicted molar refractivity (Wildman–Crippen MR) is 113 cm³/mol. The molecule has 1 aromatic heterocycles. The van der Waals surface area contributed by atoms with Crippen molar-refractivity contribution >= 4 is 57.9 Å². The van der Waals surface area contributed by atoms with E-state index in [4.69, 9.17) is 28.2 Å². The summed E-state index contributed by atoms with van der Waals surface area (Å²) >= 11 is 12.7. The Kier molecular flexibility index (Phi) is 6.93. The van der Waals surface area contributed by atoms with Gasteiger partial charge in [-0.15, -0.1) is 0 Å². The SMILES string of the molecule is O=C([O-])CCCCCN1C(=O)/C(=C\c2ccc(-c3ccccc3Cl)o2)SC1=S. The molecule has 146 valence electrons. The van der Waals surface area contributed by atoms with Gasteiger partial charge in [0.05, 0.1) is 9.93 Å². The third kappa shape index (κ3) is 5.04. The second-order valence-electron chi connectivity index (χ2n) is 6.20. The maximum atomic E-state index is 12.6. The number of halogens is 1. The minimum absolute atomic E-state index is 0.0323. The van der Waals surface area contributed by atoms with E-state index in [-0.39, 0.29) is 12.3 Å². The molecule has 2 aromatic rings. The van der Waals surface area contributed by atoms with Gasteiger partial charge in [0.2, 0.25) is 0 Å². The molecule has 0 atom stereocenters. The number of carbonyl (C=O) groups excluding carboxylic acids is 2. The molecule has 5 nitrogen and oxygen atoms in total. The van der Waals surface area contributed by atoms with Gasteiger partial charge in [-0.1, -0.05) is 54.1 Å². The van der Waals surface area contributed by atoms with Gasteiger partial charge in [0.25, 0.3) is 5.91 Å². The van der Waals surface area contributed by atoms with Gasteiger partial charge in [0.1, 0.15) is 15.8 Å². The Morgan fingerprint density at radius 1 is 1.21 bits per heavy atom. The highest BCUT2D eigenvalue weighted by atomic mass is 35.5. The van der Waals surface area contributed by atoms with Gasteiger partial charge in [-0.3, -0.25) is 9.69 Å². The Balaban J connectivity index is 1.64. The van der Waals surface area contributed by atoms with E-state index in [1.165, 1.54) is 11.8 Å². The smallest absolute Gasteiger partial charge is 0.266 e. The lowest BCUT2D eigenvalue weighted by molar-refractivity contribution is -0.305. The summed E-state index contributed by atoms with van der Waals surface area (Å²) < 4.78 is 6.31. The highest BCUT2D eigenvalue weighted by molar-refractivity contribution is 8.26. The first-order valence-electron chi connectivity index (χ1n) is 8.75. The average molecular weight is 435 g/mol. The minimum atomic E-state index is -1.05. The molecular formula is C20H17ClNO4S2-. The molecule has 0 saturated carbocycles. The Morgan fingerprint density at radius 2 is 2.00 bits per heavy atom. The molecule has 1 fully saturated rings. The molecule has 8 heteroatoms. The van der Waals surface area contributed by atoms with E-state index in [9.17, 15) is 14.7 Å². The Labute approximate surface area is 177 Å². The summed E-state index contributed by atoms with van der Waals surface area (Å²) in [5, 5.41) is 11.0. The van der Waals surface area contributed by atoms with Crippen LogP contribution in [0.3, 0.4) is 0 Å². The number of unbranched alkanes of at least 4 members (excludes halogenated alkanes) is 2. The normalized spacial score (nSPS) is 15.6. The molecule has 1 aliphatic heterocycles. The Morgan fingerprint density at radius 3 is 2.75 bits per heavy atom. The van der Waals surface area contributed by atoms with E-state index in [1.54, 1.807) is 23.1 Å². The molecule has 0 bridgehead atoms. The fraction of sp³-hybridized carbons (Fsp3) is 0.250. The highest BCUT2D eigenvalue weighted by Crippen LogP contribution is 2.34. The van der Waals surface area contributed by atoms with Gasteiger partial charge in [-0.05, 0) is 43.5 Å². The van der Waals surface area contributed by atoms with Crippen LogP contribution >= 0.6 is 35.6 Å². The quantitative estimate of drug-likeness (QED) is 0.353. The lowest BCUT2D eigenvalue weighted by atomic mass is 10.2. The third-order valence-electron chi connectivity index (χ3n) is 4.18. The van der Waals surface area contributed by atoms with Crippen LogP contribution in [0.25, 0.3) is 17.4 Å². The van der Waals surface area contributed by atoms with Gasteiger partial charge in [-0.2, -0.15) is 0 Å². The summed E-state index contributed by atoms with van der Waals surface area (Å²) in [6, 6.07) is 11.0. The van der Waals surface area contributed by atoms with Crippen LogP contribution in [0.5, 0.6) is 0 Å². The first-order chi connectivity index (χ1) is 13.5. The van der Waals surface area contributed by atoms with Crippen molar-refractivity contribution in [1.82, 2.24) is 4.90 Å². The second-order valence-corrected chi connectivity index (χ2v) is 8.28. The summed E-state index contributed by atoms with van der Waals surface area (Å²) in [6.07, 6.45) is 3.62. The van der Waals surface area contributed by atoms with Crippen molar-refractivity contribution in [3.05, 3.63) is 52.1 Å². The summed E-state index contributed by atoms with van der Waals surface area (Å²) in [5.74, 6) is -0.0432. The third-order valence-corrected chi connectivity index (χ3v) is 5.88. The number of furan rings is 1. The van der Waals surface area contributed by atoms with Crippen LogP contribution in [0.4, 0.5) is 0 Å². The number of carbonyl (C=O) groups is 2. The lowest BCUT2D eigenvalue weighted by Gasteiger charge is -2.14. The fourth-order valence-electron chi connectivity index (χ4n) is 2.77. The molecule has 2 heterocycles. The second kappa shape index (κ2) is 9.41. The molecular weight excluding hydrogens is 418 g/mol. The van der Waals surface area contributed by atoms with Crippen LogP contribution in [0, 0.1) is 0 Å². The molecule has 1 saturated heterocycles. The fourth-order valence-corrected chi connectivity index (χ4v) is 4.29. The number of benzene rings is 1. The Bertz CT molecular complexity index is 938. The number of nitrogens with zero attached hydrogens (tertiary/aromatic N) is 1. The number of hydrogen-bond acceptors (Lipinski definition) is 6. The number of amides is 1. The van der Waals surface area contributed by atoms with Crippen LogP contribution in [0.1, 0.15) is 31.4 Å². The molecule has 1 aromatic carbocycles. The van der Waals surface area contributed by atoms with E-state index >= 15 is 0 Å². The zero-order valence-corrected chi connectivity index (χ0v) is 17.2. The summed E-state index contributed by atoms with van der Waals surface area (Å²) in [7, 11) is 0. The lowest BCUT2D eigenvalue weighted by Crippen LogP contribution is -2.29. The van der Waals surface area contributed by atoms with Gasteiger partial charge in [0, 0.05) is 24.2 Å². The first kappa shape index (κ1) is 20.6. The van der Waals surface area contributed by atoms with E-state index in [1.807, 2.05) is 24.3 Å². The molecule has 0 radical (unpaired) electrons. The van der Waals surface area contributed by atoms with Crippen molar-refractivity contribution in [3.63, 3.8) is 0 Å². The van der Waals surface area contributed by atoms with Gasteiger partial charge in [0.15, 0.2) is 0 Å². The van der Waals surface area contributed by atoms with Crippen molar-refractivity contribution in [2.45, 2.75) is 25.7 Å². The van der Waals surface area contributed by atoms with Crippen molar-refractivity contribution in [1.29, 1.82) is 0 Å². The molecule has 0 spiro atoms. The first-order valence-corrected chi connectivity index (χ1v) is 10.4. The largest absolute Gasteiger partial charge is 0.550 e. The van der Waals surface area contributed by atoms with E-state index < -0.39 is 5.97 Å². The zero-order valence-electron chi connectivity index (χ0n) is 14.9. The molecule has 0 N–H and O–H groups in total. The summed E-state index contributed by atoms with van der Waals surface area (Å²) in [6.45, 7) is 0.470. The van der Waals surface area contributed by atoms with Crippen LogP contribution in [-0.2, 0) is 9.59 Å². The van der Waals surface area contributed by atoms with Crippen molar-refractivity contribution in [2.24, 2.45) is 0 Å². The topological polar surface area (TPSA) is 73.6 Å². The number of thioether (sulfide) groups is 1. The van der Waals surface area contributed by atoms with E-state index in [2.05, 4.69) is 0 Å². The van der Waals surface area contributed by atoms with E-state index in [0.29, 0.717) is 51.6 Å². The monoisotopic (exact) mass is 434 g/mol. The van der Waals surface area contributed by atoms with Gasteiger partial charge >= 0.3 is 0 Å². The minimum Gasteiger partial charge on any atom is -0.550 e. The molecule has 28 heavy (non-hydrogen) atoms. The maximum absolute atomic E-state index is 12.6. The molecule has 1 amide bonds. The molecule has 1 aliphatic rings. The number of aliphatic carboxylic acids is 1. The van der Waals surface area contributed by atoms with Crippen molar-refractivity contribution in [2.75, 3.05) is 6.54 Å². The van der Waals surface area contributed by atoms with Crippen LogP contribution in [0.15, 0.2) is 45.7 Å². The van der Waals surface area contributed by atoms with Crippen molar-refractivity contribution < 1.29 is 19.1 Å². The maximum Gasteiger partial charge on any atom is 0.266 e. The number of carboxylic acid groups (broad SMARTS) is 1. The number of rotatable bonds is 8. The predicted octanol–water partition coefficient (Wildman–Crippen LogP) is 4.11. The van der Waals surface area contributed by atoms with E-state index in [0.717, 1.165) is 5.56 Å². The molecule has 0 unspecified atom stereocenters. The van der Waals surface area contributed by atoms with Crippen LogP contribution < -0.4 is 5.11 Å². The van der Waals surface area contributed by atoms with Gasteiger partial charge < -0.3 is 14.3 Å². The number of carboxylic acids is 1. The number of hydrogen-bond donors (Lipinski definition) is 0. The Hall–Kier alpha value is -2.09. The standard InChI is InChI=1S/C20H18ClNO4S2/c21-15-7-4-3-6-14(15)16-10-9-13(26-16)12-17-19(25)22(20(27)28-17)11-5-1-2-8-18(23)24/h3-4,6-7,9-10,12H,1-2,5,8,11H2,(H,23,24)/p-1/b17-12+. The zero-order chi connectivity index (χ0) is 20.1. The molecule has 0 aliphatic carbocycles. The molecule has 3 rings (SSSR count). The number of thiocarbonyl (C=S) groups is 1. The summed E-state index contributed by atoms with van der Waals surface area (Å²) in [5.41, 5.74) is 0.785. The van der Waals surface area contributed by atoms with Crippen LogP contribution in [0.2, 0.25) is 5.02 Å². The van der Waals surface area contributed by atoms with Crippen LogP contribution in [-0.4, -0.2) is 27.6 Å². The average Bonchev–Trinajstić information content (AvgIpc) is 3.21.